The molecule has 2 fully saturated rings. The van der Waals surface area contributed by atoms with Gasteiger partial charge in [-0.15, -0.1) is 0 Å². The molecule has 0 bridgehead atoms. The largest absolute Gasteiger partial charge is 0.453 e. The summed E-state index contributed by atoms with van der Waals surface area (Å²) in [6.45, 7) is 1.19. The van der Waals surface area contributed by atoms with Crippen LogP contribution in [0.15, 0.2) is 0 Å². The maximum Gasteiger partial charge on any atom is 0.407 e. The number of likely N-dealkylation sites (tertiary alicyclic amines) is 1. The van der Waals surface area contributed by atoms with Crippen LogP contribution < -0.4 is 11.1 Å². The molecule has 19 heavy (non-hydrogen) atoms. The van der Waals surface area contributed by atoms with Crippen LogP contribution in [0.3, 0.4) is 0 Å². The van der Waals surface area contributed by atoms with Crippen molar-refractivity contribution in [1.29, 1.82) is 0 Å². The predicted octanol–water partition coefficient (Wildman–Crippen LogP) is 0.605. The van der Waals surface area contributed by atoms with Crippen molar-refractivity contribution in [3.05, 3.63) is 0 Å². The summed E-state index contributed by atoms with van der Waals surface area (Å²) >= 11 is 0. The number of methoxy groups -OCH3 is 1. The van der Waals surface area contributed by atoms with E-state index in [1.54, 1.807) is 4.90 Å². The summed E-state index contributed by atoms with van der Waals surface area (Å²) in [6.07, 6.45) is 5.09. The fraction of sp³-hybridized carbons (Fsp3) is 0.846. The second kappa shape index (κ2) is 5.77. The number of carbonyl (C=O) groups excluding carboxylic acids is 2. The molecule has 1 heterocycles. The fourth-order valence-corrected chi connectivity index (χ4v) is 3.00. The second-order valence-corrected chi connectivity index (χ2v) is 5.59. The Hall–Kier alpha value is -1.30. The van der Waals surface area contributed by atoms with Gasteiger partial charge in [-0.1, -0.05) is 19.3 Å². The van der Waals surface area contributed by atoms with Gasteiger partial charge < -0.3 is 20.7 Å². The second-order valence-electron chi connectivity index (χ2n) is 5.59. The van der Waals surface area contributed by atoms with Crippen LogP contribution in [-0.2, 0) is 9.53 Å². The molecule has 1 atom stereocenters. The van der Waals surface area contributed by atoms with Crippen LogP contribution in [0.25, 0.3) is 0 Å². The zero-order valence-corrected chi connectivity index (χ0v) is 11.5. The predicted molar refractivity (Wildman–Crippen MR) is 70.5 cm³/mol. The van der Waals surface area contributed by atoms with Crippen LogP contribution in [-0.4, -0.2) is 48.7 Å². The molecule has 1 unspecified atom stereocenters. The topological polar surface area (TPSA) is 84.7 Å². The van der Waals surface area contributed by atoms with Crippen LogP contribution in [0, 0.1) is 0 Å². The quantitative estimate of drug-likeness (QED) is 0.769. The van der Waals surface area contributed by atoms with Gasteiger partial charge in [-0.3, -0.25) is 4.79 Å². The number of alkyl carbamates (subject to hydrolysis) is 1. The summed E-state index contributed by atoms with van der Waals surface area (Å²) < 4.78 is 4.57. The van der Waals surface area contributed by atoms with E-state index < -0.39 is 11.6 Å². The van der Waals surface area contributed by atoms with E-state index in [1.807, 2.05) is 0 Å². The third-order valence-electron chi connectivity index (χ3n) is 4.15. The number of hydrogen-bond acceptors (Lipinski definition) is 4. The SMILES string of the molecule is COC(=O)NC1CCN(C(=O)C2(N)CCCCC2)C1. The third kappa shape index (κ3) is 3.18. The Bertz CT molecular complexity index is 353. The molecule has 1 aliphatic heterocycles. The van der Waals surface area contributed by atoms with Crippen molar-refractivity contribution in [3.8, 4) is 0 Å². The lowest BCUT2D eigenvalue weighted by atomic mass is 9.81. The summed E-state index contributed by atoms with van der Waals surface area (Å²) in [5.41, 5.74) is 5.57. The average Bonchev–Trinajstić information content (AvgIpc) is 2.87. The van der Waals surface area contributed by atoms with E-state index in [-0.39, 0.29) is 11.9 Å². The number of rotatable bonds is 2. The van der Waals surface area contributed by atoms with Gasteiger partial charge >= 0.3 is 6.09 Å². The van der Waals surface area contributed by atoms with Crippen LogP contribution in [0.1, 0.15) is 38.5 Å². The minimum Gasteiger partial charge on any atom is -0.453 e. The summed E-state index contributed by atoms with van der Waals surface area (Å²) in [6, 6.07) is -0.0245. The molecule has 0 radical (unpaired) electrons. The van der Waals surface area contributed by atoms with Gasteiger partial charge in [0.25, 0.3) is 0 Å². The number of nitrogens with zero attached hydrogens (tertiary/aromatic N) is 1. The Balaban J connectivity index is 1.89. The van der Waals surface area contributed by atoms with Crippen LogP contribution in [0.2, 0.25) is 0 Å². The minimum atomic E-state index is -0.682. The van der Waals surface area contributed by atoms with E-state index in [0.717, 1.165) is 32.1 Å². The highest BCUT2D eigenvalue weighted by atomic mass is 16.5. The molecule has 1 aliphatic carbocycles. The fourth-order valence-electron chi connectivity index (χ4n) is 3.00. The van der Waals surface area contributed by atoms with Gasteiger partial charge in [0.15, 0.2) is 0 Å². The first-order valence-corrected chi connectivity index (χ1v) is 6.98. The van der Waals surface area contributed by atoms with Crippen molar-refractivity contribution in [2.24, 2.45) is 5.73 Å². The van der Waals surface area contributed by atoms with Gasteiger partial charge in [-0.2, -0.15) is 0 Å². The molecule has 0 aromatic carbocycles. The Morgan fingerprint density at radius 1 is 1.32 bits per heavy atom. The van der Waals surface area contributed by atoms with Crippen molar-refractivity contribution in [2.45, 2.75) is 50.1 Å². The van der Waals surface area contributed by atoms with Crippen LogP contribution >= 0.6 is 0 Å². The number of hydrogen-bond donors (Lipinski definition) is 2. The van der Waals surface area contributed by atoms with E-state index in [1.165, 1.54) is 13.5 Å². The number of amides is 2. The standard InChI is InChI=1S/C13H23N3O3/c1-19-12(18)15-10-5-8-16(9-10)11(17)13(14)6-3-2-4-7-13/h10H,2-9,14H2,1H3,(H,15,18). The monoisotopic (exact) mass is 269 g/mol. The molecule has 108 valence electrons. The molecule has 2 aliphatic rings. The molecule has 0 spiro atoms. The maximum absolute atomic E-state index is 12.5. The molecular weight excluding hydrogens is 246 g/mol. The lowest BCUT2D eigenvalue weighted by Crippen LogP contribution is -2.56. The van der Waals surface area contributed by atoms with Gasteiger partial charge in [-0.25, -0.2) is 4.79 Å². The molecule has 3 N–H and O–H groups in total. The molecule has 6 heteroatoms. The summed E-state index contributed by atoms with van der Waals surface area (Å²) in [7, 11) is 1.34. The molecular formula is C13H23N3O3. The highest BCUT2D eigenvalue weighted by Crippen LogP contribution is 2.28. The highest BCUT2D eigenvalue weighted by Gasteiger charge is 2.40. The molecule has 1 saturated carbocycles. The van der Waals surface area contributed by atoms with Gasteiger partial charge in [0.05, 0.1) is 18.7 Å². The van der Waals surface area contributed by atoms with Gasteiger partial charge in [0, 0.05) is 13.1 Å². The van der Waals surface area contributed by atoms with E-state index in [9.17, 15) is 9.59 Å². The lowest BCUT2D eigenvalue weighted by Gasteiger charge is -2.35. The summed E-state index contributed by atoms with van der Waals surface area (Å²) in [4.78, 5) is 25.4. The van der Waals surface area contributed by atoms with E-state index in [4.69, 9.17) is 5.73 Å². The van der Waals surface area contributed by atoms with Gasteiger partial charge in [0.1, 0.15) is 0 Å². The van der Waals surface area contributed by atoms with Gasteiger partial charge in [0.2, 0.25) is 5.91 Å². The number of nitrogens with two attached hydrogens (primary N) is 1. The lowest BCUT2D eigenvalue weighted by molar-refractivity contribution is -0.137. The first-order chi connectivity index (χ1) is 9.05. The average molecular weight is 269 g/mol. The van der Waals surface area contributed by atoms with E-state index in [0.29, 0.717) is 13.1 Å². The molecule has 2 rings (SSSR count). The van der Waals surface area contributed by atoms with Crippen molar-refractivity contribution in [2.75, 3.05) is 20.2 Å². The van der Waals surface area contributed by atoms with Crippen molar-refractivity contribution in [3.63, 3.8) is 0 Å². The van der Waals surface area contributed by atoms with Crippen molar-refractivity contribution < 1.29 is 14.3 Å². The summed E-state index contributed by atoms with van der Waals surface area (Å²) in [5.74, 6) is 0.0429. The number of carbonyl (C=O) groups is 2. The Morgan fingerprint density at radius 3 is 2.63 bits per heavy atom. The molecule has 0 aromatic rings. The number of ether oxygens (including phenoxy) is 1. The highest BCUT2D eigenvalue weighted by molar-refractivity contribution is 5.86. The Kier molecular flexibility index (Phi) is 4.29. The van der Waals surface area contributed by atoms with Crippen LogP contribution in [0.5, 0.6) is 0 Å². The van der Waals surface area contributed by atoms with E-state index in [2.05, 4.69) is 10.1 Å². The van der Waals surface area contributed by atoms with Gasteiger partial charge in [-0.05, 0) is 19.3 Å². The van der Waals surface area contributed by atoms with Crippen LogP contribution in [0.4, 0.5) is 4.79 Å². The minimum absolute atomic E-state index is 0.0245. The third-order valence-corrected chi connectivity index (χ3v) is 4.15. The van der Waals surface area contributed by atoms with Crippen molar-refractivity contribution in [1.82, 2.24) is 10.2 Å². The summed E-state index contributed by atoms with van der Waals surface area (Å²) in [5, 5.41) is 2.73. The smallest absolute Gasteiger partial charge is 0.407 e. The normalized spacial score (nSPS) is 26.0. The molecule has 6 nitrogen and oxygen atoms in total. The molecule has 0 aromatic heterocycles. The zero-order valence-electron chi connectivity index (χ0n) is 11.5. The maximum atomic E-state index is 12.5. The molecule has 1 saturated heterocycles. The van der Waals surface area contributed by atoms with Crippen molar-refractivity contribution >= 4 is 12.0 Å². The Labute approximate surface area is 113 Å². The zero-order chi connectivity index (χ0) is 13.9. The first kappa shape index (κ1) is 14.1. The first-order valence-electron chi connectivity index (χ1n) is 6.98. The number of nitrogens with one attached hydrogen (secondary N) is 1. The van der Waals surface area contributed by atoms with E-state index >= 15 is 0 Å². The molecule has 2 amide bonds. The Morgan fingerprint density at radius 2 is 2.00 bits per heavy atom.